The summed E-state index contributed by atoms with van der Waals surface area (Å²) < 4.78 is 60.3. The quantitative estimate of drug-likeness (QED) is 0.722. The van der Waals surface area contributed by atoms with Gasteiger partial charge in [-0.2, -0.15) is 0 Å². The molecule has 2 N–H and O–H groups in total. The average molecular weight is 405 g/mol. The smallest absolute Gasteiger partial charge is 0.240 e. The Bertz CT molecular complexity index is 815. The van der Waals surface area contributed by atoms with Crippen LogP contribution in [0.5, 0.6) is 0 Å². The molecule has 0 aromatic heterocycles. The van der Waals surface area contributed by atoms with E-state index in [1.165, 1.54) is 24.3 Å². The first kappa shape index (κ1) is 21.3. The Morgan fingerprint density at radius 2 is 1.62 bits per heavy atom. The van der Waals surface area contributed by atoms with Gasteiger partial charge in [0.05, 0.1) is 15.4 Å². The maximum absolute atomic E-state index is 12.6. The second kappa shape index (κ2) is 7.93. The molecule has 1 saturated heterocycles. The molecule has 26 heavy (non-hydrogen) atoms. The number of rotatable bonds is 7. The molecule has 0 spiro atoms. The van der Waals surface area contributed by atoms with Crippen molar-refractivity contribution >= 4 is 20.0 Å². The van der Waals surface area contributed by atoms with Crippen LogP contribution in [0.1, 0.15) is 40.5 Å². The summed E-state index contributed by atoms with van der Waals surface area (Å²) in [5, 5.41) is 0. The van der Waals surface area contributed by atoms with Crippen molar-refractivity contribution in [1.29, 1.82) is 0 Å². The summed E-state index contributed by atoms with van der Waals surface area (Å²) in [6, 6.07) is 5.05. The van der Waals surface area contributed by atoms with Crippen LogP contribution in [-0.4, -0.2) is 41.6 Å². The van der Waals surface area contributed by atoms with Gasteiger partial charge in [0.25, 0.3) is 0 Å². The second-order valence-corrected chi connectivity index (χ2v) is 11.1. The third-order valence-corrected chi connectivity index (χ3v) is 7.12. The second-order valence-electron chi connectivity index (χ2n) is 7.64. The van der Waals surface area contributed by atoms with Gasteiger partial charge in [-0.25, -0.2) is 26.3 Å². The Hall–Kier alpha value is -1.00. The van der Waals surface area contributed by atoms with Gasteiger partial charge < -0.3 is 4.74 Å². The number of hydrogen-bond acceptors (Lipinski definition) is 5. The molecule has 1 aliphatic heterocycles. The van der Waals surface area contributed by atoms with Gasteiger partial charge in [0.15, 0.2) is 0 Å². The van der Waals surface area contributed by atoms with E-state index >= 15 is 0 Å². The topological polar surface area (TPSA) is 102 Å². The molecule has 1 aromatic carbocycles. The van der Waals surface area contributed by atoms with Gasteiger partial charge in [0.2, 0.25) is 20.0 Å². The van der Waals surface area contributed by atoms with E-state index in [0.717, 1.165) is 0 Å². The summed E-state index contributed by atoms with van der Waals surface area (Å²) in [5.41, 5.74) is -0.370. The standard InChI is InChI=1S/C17H28N2O5S2/c1-13(2)12-18-25(20,21)15-5-7-16(8-6-15)26(22,23)19-14-9-10-24-17(3,4)11-14/h5-8,13-14,18-19H,9-12H2,1-4H3/t14-/m1/s1. The molecule has 1 fully saturated rings. The van der Waals surface area contributed by atoms with Gasteiger partial charge in [0, 0.05) is 19.2 Å². The summed E-state index contributed by atoms with van der Waals surface area (Å²) in [5.74, 6) is 0.178. The maximum atomic E-state index is 12.6. The lowest BCUT2D eigenvalue weighted by molar-refractivity contribution is -0.0599. The zero-order chi connectivity index (χ0) is 19.6. The minimum Gasteiger partial charge on any atom is -0.375 e. The van der Waals surface area contributed by atoms with E-state index in [4.69, 9.17) is 4.74 Å². The van der Waals surface area contributed by atoms with E-state index in [2.05, 4.69) is 9.44 Å². The van der Waals surface area contributed by atoms with E-state index in [9.17, 15) is 16.8 Å². The van der Waals surface area contributed by atoms with Crippen molar-refractivity contribution in [2.45, 2.75) is 62.0 Å². The highest BCUT2D eigenvalue weighted by atomic mass is 32.2. The molecule has 2 rings (SSSR count). The van der Waals surface area contributed by atoms with Crippen molar-refractivity contribution in [1.82, 2.24) is 9.44 Å². The normalized spacial score (nSPS) is 21.0. The molecule has 9 heteroatoms. The third kappa shape index (κ3) is 5.75. The summed E-state index contributed by atoms with van der Waals surface area (Å²) in [6.07, 6.45) is 1.19. The zero-order valence-electron chi connectivity index (χ0n) is 15.7. The lowest BCUT2D eigenvalue weighted by Crippen LogP contribution is -2.45. The molecule has 7 nitrogen and oxygen atoms in total. The average Bonchev–Trinajstić information content (AvgIpc) is 2.52. The van der Waals surface area contributed by atoms with Crippen LogP contribution >= 0.6 is 0 Å². The van der Waals surface area contributed by atoms with Crippen LogP contribution in [0, 0.1) is 5.92 Å². The van der Waals surface area contributed by atoms with Gasteiger partial charge in [-0.15, -0.1) is 0 Å². The minimum absolute atomic E-state index is 0.0456. The van der Waals surface area contributed by atoms with E-state index in [-0.39, 0.29) is 27.4 Å². The molecule has 0 aliphatic carbocycles. The number of hydrogen-bond donors (Lipinski definition) is 2. The van der Waals surface area contributed by atoms with Crippen molar-refractivity contribution in [2.75, 3.05) is 13.2 Å². The summed E-state index contributed by atoms with van der Waals surface area (Å²) in [4.78, 5) is 0.0916. The lowest BCUT2D eigenvalue weighted by Gasteiger charge is -2.35. The first-order valence-corrected chi connectivity index (χ1v) is 11.6. The van der Waals surface area contributed by atoms with Gasteiger partial charge >= 0.3 is 0 Å². The first-order valence-electron chi connectivity index (χ1n) is 8.67. The van der Waals surface area contributed by atoms with Crippen LogP contribution in [0.3, 0.4) is 0 Å². The van der Waals surface area contributed by atoms with Crippen LogP contribution in [-0.2, 0) is 24.8 Å². The highest BCUT2D eigenvalue weighted by Crippen LogP contribution is 2.25. The number of sulfonamides is 2. The van der Waals surface area contributed by atoms with Gasteiger partial charge in [-0.3, -0.25) is 0 Å². The molecular weight excluding hydrogens is 376 g/mol. The van der Waals surface area contributed by atoms with Crippen molar-refractivity contribution in [3.8, 4) is 0 Å². The van der Waals surface area contributed by atoms with Gasteiger partial charge in [-0.05, 0) is 56.9 Å². The summed E-state index contributed by atoms with van der Waals surface area (Å²) in [6.45, 7) is 8.49. The Morgan fingerprint density at radius 3 is 2.12 bits per heavy atom. The molecule has 1 aliphatic rings. The SMILES string of the molecule is CC(C)CNS(=O)(=O)c1ccc(S(=O)(=O)N[C@@H]2CCOC(C)(C)C2)cc1. The Balaban J connectivity index is 2.11. The number of benzene rings is 1. The summed E-state index contributed by atoms with van der Waals surface area (Å²) >= 11 is 0. The third-order valence-electron chi connectivity index (χ3n) is 4.14. The fourth-order valence-corrected chi connectivity index (χ4v) is 5.26. The first-order chi connectivity index (χ1) is 11.9. The molecule has 1 atom stereocenters. The Morgan fingerprint density at radius 1 is 1.08 bits per heavy atom. The monoisotopic (exact) mass is 404 g/mol. The Kier molecular flexibility index (Phi) is 6.50. The Labute approximate surface area is 156 Å². The van der Waals surface area contributed by atoms with E-state index in [0.29, 0.717) is 26.0 Å². The fourth-order valence-electron chi connectivity index (χ4n) is 2.78. The van der Waals surface area contributed by atoms with E-state index in [1.807, 2.05) is 27.7 Å². The molecule has 0 radical (unpaired) electrons. The van der Waals surface area contributed by atoms with Crippen molar-refractivity contribution < 1.29 is 21.6 Å². The van der Waals surface area contributed by atoms with Crippen LogP contribution in [0.15, 0.2) is 34.1 Å². The van der Waals surface area contributed by atoms with Gasteiger partial charge in [-0.1, -0.05) is 13.8 Å². The molecule has 0 amide bonds. The molecule has 0 bridgehead atoms. The van der Waals surface area contributed by atoms with Crippen LogP contribution in [0.4, 0.5) is 0 Å². The molecule has 148 valence electrons. The minimum atomic E-state index is -3.72. The maximum Gasteiger partial charge on any atom is 0.240 e. The van der Waals surface area contributed by atoms with Crippen molar-refractivity contribution in [3.63, 3.8) is 0 Å². The fraction of sp³-hybridized carbons (Fsp3) is 0.647. The lowest BCUT2D eigenvalue weighted by atomic mass is 9.95. The highest BCUT2D eigenvalue weighted by molar-refractivity contribution is 7.90. The number of nitrogens with one attached hydrogen (secondary N) is 2. The molecular formula is C17H28N2O5S2. The molecule has 0 unspecified atom stereocenters. The van der Waals surface area contributed by atoms with Gasteiger partial charge in [0.1, 0.15) is 0 Å². The molecule has 1 aromatic rings. The number of ether oxygens (including phenoxy) is 1. The van der Waals surface area contributed by atoms with E-state index < -0.39 is 20.0 Å². The van der Waals surface area contributed by atoms with Crippen LogP contribution in [0.25, 0.3) is 0 Å². The van der Waals surface area contributed by atoms with E-state index in [1.54, 1.807) is 0 Å². The van der Waals surface area contributed by atoms with Crippen LogP contribution in [0.2, 0.25) is 0 Å². The van der Waals surface area contributed by atoms with Crippen molar-refractivity contribution in [2.24, 2.45) is 5.92 Å². The summed E-state index contributed by atoms with van der Waals surface area (Å²) in [7, 11) is -7.36. The zero-order valence-corrected chi connectivity index (χ0v) is 17.3. The highest BCUT2D eigenvalue weighted by Gasteiger charge is 2.31. The largest absolute Gasteiger partial charge is 0.375 e. The predicted molar refractivity (Wildman–Crippen MR) is 99.8 cm³/mol. The molecule has 0 saturated carbocycles. The molecule has 1 heterocycles. The van der Waals surface area contributed by atoms with Crippen LogP contribution < -0.4 is 9.44 Å². The van der Waals surface area contributed by atoms with Crippen molar-refractivity contribution in [3.05, 3.63) is 24.3 Å². The predicted octanol–water partition coefficient (Wildman–Crippen LogP) is 1.86.